The largest absolute Gasteiger partial charge is 0.353 e. The van der Waals surface area contributed by atoms with Crippen molar-refractivity contribution >= 4 is 12.0 Å². The first-order chi connectivity index (χ1) is 13.7. The van der Waals surface area contributed by atoms with E-state index in [9.17, 15) is 9.18 Å². The minimum atomic E-state index is -0.264. The Morgan fingerprint density at radius 3 is 1.75 bits per heavy atom. The topological polar surface area (TPSA) is 29.1 Å². The van der Waals surface area contributed by atoms with E-state index in [0.717, 1.165) is 18.5 Å². The number of nitrogens with one attached hydrogen (secondary N) is 1. The molecule has 3 heteroatoms. The van der Waals surface area contributed by atoms with Gasteiger partial charge in [0.15, 0.2) is 0 Å². The van der Waals surface area contributed by atoms with Gasteiger partial charge in [-0.3, -0.25) is 4.79 Å². The maximum atomic E-state index is 12.8. The second kappa shape index (κ2) is 17.5. The van der Waals surface area contributed by atoms with Crippen molar-refractivity contribution < 1.29 is 9.18 Å². The molecule has 0 fully saturated rings. The standard InChI is InChI=1S/C25H40FNO/c1-2-3-4-5-6-7-8-9-10-11-12-13-14-15-22-27-25(28)21-18-23-16-19-24(26)20-17-23/h16-21H,2-15,22H2,1H3,(H,27,28). The van der Waals surface area contributed by atoms with Crippen LogP contribution in [0.3, 0.4) is 0 Å². The molecule has 1 rings (SSSR count). The number of hydrogen-bond donors (Lipinski definition) is 1. The second-order valence-corrected chi connectivity index (χ2v) is 7.77. The van der Waals surface area contributed by atoms with Crippen LogP contribution in [0.15, 0.2) is 30.3 Å². The van der Waals surface area contributed by atoms with Crippen LogP contribution in [0.5, 0.6) is 0 Å². The van der Waals surface area contributed by atoms with Gasteiger partial charge in [-0.05, 0) is 30.2 Å². The minimum absolute atomic E-state index is 0.0842. The molecule has 0 aromatic heterocycles. The van der Waals surface area contributed by atoms with Crippen LogP contribution in [0, 0.1) is 5.82 Å². The maximum Gasteiger partial charge on any atom is 0.243 e. The molecule has 0 spiro atoms. The van der Waals surface area contributed by atoms with E-state index in [0.29, 0.717) is 0 Å². The molecule has 0 aliphatic carbocycles. The Kier molecular flexibility index (Phi) is 15.2. The summed E-state index contributed by atoms with van der Waals surface area (Å²) in [5, 5.41) is 2.91. The SMILES string of the molecule is CCCCCCCCCCCCCCCCNC(=O)C=Cc1ccc(F)cc1. The summed E-state index contributed by atoms with van der Waals surface area (Å²) in [5.41, 5.74) is 0.827. The van der Waals surface area contributed by atoms with Gasteiger partial charge in [0.05, 0.1) is 0 Å². The smallest absolute Gasteiger partial charge is 0.243 e. The van der Waals surface area contributed by atoms with Gasteiger partial charge in [-0.1, -0.05) is 103 Å². The lowest BCUT2D eigenvalue weighted by Crippen LogP contribution is -2.21. The Labute approximate surface area is 172 Å². The summed E-state index contributed by atoms with van der Waals surface area (Å²) in [6, 6.07) is 6.11. The zero-order chi connectivity index (χ0) is 20.3. The van der Waals surface area contributed by atoms with Crippen LogP contribution in [-0.2, 0) is 4.79 Å². The van der Waals surface area contributed by atoms with Crippen LogP contribution in [0.1, 0.15) is 102 Å². The molecule has 0 radical (unpaired) electrons. The summed E-state index contributed by atoms with van der Waals surface area (Å²) in [6.45, 7) is 3.00. The fourth-order valence-electron chi connectivity index (χ4n) is 3.34. The fraction of sp³-hybridized carbons (Fsp3) is 0.640. The maximum absolute atomic E-state index is 12.8. The first-order valence-corrected chi connectivity index (χ1v) is 11.4. The molecular formula is C25H40FNO. The normalized spacial score (nSPS) is 11.2. The number of carbonyl (C=O) groups excluding carboxylic acids is 1. The van der Waals surface area contributed by atoms with Crippen molar-refractivity contribution in [3.05, 3.63) is 41.7 Å². The van der Waals surface area contributed by atoms with Gasteiger partial charge in [-0.15, -0.1) is 0 Å². The van der Waals surface area contributed by atoms with E-state index in [2.05, 4.69) is 12.2 Å². The van der Waals surface area contributed by atoms with Gasteiger partial charge in [0.1, 0.15) is 5.82 Å². The van der Waals surface area contributed by atoms with Crippen molar-refractivity contribution in [3.8, 4) is 0 Å². The minimum Gasteiger partial charge on any atom is -0.353 e. The Bertz CT molecular complexity index is 524. The molecule has 0 saturated heterocycles. The van der Waals surface area contributed by atoms with Crippen LogP contribution >= 0.6 is 0 Å². The number of carbonyl (C=O) groups is 1. The summed E-state index contributed by atoms with van der Waals surface area (Å²) < 4.78 is 12.8. The Hall–Kier alpha value is -1.64. The van der Waals surface area contributed by atoms with Crippen molar-refractivity contribution in [2.75, 3.05) is 6.54 Å². The number of hydrogen-bond acceptors (Lipinski definition) is 1. The molecule has 0 aliphatic rings. The van der Waals surface area contributed by atoms with E-state index in [1.54, 1.807) is 18.2 Å². The highest BCUT2D eigenvalue weighted by molar-refractivity contribution is 5.91. The quantitative estimate of drug-likeness (QED) is 0.218. The second-order valence-electron chi connectivity index (χ2n) is 7.77. The average Bonchev–Trinajstić information content (AvgIpc) is 2.70. The highest BCUT2D eigenvalue weighted by atomic mass is 19.1. The van der Waals surface area contributed by atoms with Gasteiger partial charge < -0.3 is 5.32 Å². The highest BCUT2D eigenvalue weighted by Crippen LogP contribution is 2.12. The molecule has 0 unspecified atom stereocenters. The molecule has 1 amide bonds. The zero-order valence-corrected chi connectivity index (χ0v) is 17.9. The lowest BCUT2D eigenvalue weighted by molar-refractivity contribution is -0.116. The van der Waals surface area contributed by atoms with Crippen LogP contribution in [0.4, 0.5) is 4.39 Å². The lowest BCUT2D eigenvalue weighted by Gasteiger charge is -2.04. The highest BCUT2D eigenvalue weighted by Gasteiger charge is 1.97. The Morgan fingerprint density at radius 2 is 1.25 bits per heavy atom. The van der Waals surface area contributed by atoms with Gasteiger partial charge in [0.2, 0.25) is 5.91 Å². The first kappa shape index (κ1) is 24.4. The van der Waals surface area contributed by atoms with Gasteiger partial charge in [0, 0.05) is 12.6 Å². The third kappa shape index (κ3) is 14.4. The predicted molar refractivity (Wildman–Crippen MR) is 119 cm³/mol. The third-order valence-corrected chi connectivity index (χ3v) is 5.13. The number of halogens is 1. The number of unbranched alkanes of at least 4 members (excludes halogenated alkanes) is 13. The van der Waals surface area contributed by atoms with Crippen LogP contribution < -0.4 is 5.32 Å². The number of amides is 1. The van der Waals surface area contributed by atoms with Crippen molar-refractivity contribution in [2.24, 2.45) is 0 Å². The predicted octanol–water partition coefficient (Wildman–Crippen LogP) is 7.44. The summed E-state index contributed by atoms with van der Waals surface area (Å²) in [5.74, 6) is -0.349. The molecule has 1 aromatic carbocycles. The van der Waals surface area contributed by atoms with Crippen LogP contribution in [0.25, 0.3) is 6.08 Å². The number of rotatable bonds is 17. The van der Waals surface area contributed by atoms with Crippen LogP contribution in [0.2, 0.25) is 0 Å². The summed E-state index contributed by atoms with van der Waals surface area (Å²) in [6.07, 6.45) is 21.9. The molecule has 1 aromatic rings. The average molecular weight is 390 g/mol. The van der Waals surface area contributed by atoms with Crippen molar-refractivity contribution in [2.45, 2.75) is 96.8 Å². The number of benzene rings is 1. The van der Waals surface area contributed by atoms with Gasteiger partial charge >= 0.3 is 0 Å². The van der Waals surface area contributed by atoms with Gasteiger partial charge in [-0.25, -0.2) is 4.39 Å². The summed E-state index contributed by atoms with van der Waals surface area (Å²) >= 11 is 0. The summed E-state index contributed by atoms with van der Waals surface area (Å²) in [7, 11) is 0. The molecule has 2 nitrogen and oxygen atoms in total. The first-order valence-electron chi connectivity index (χ1n) is 11.4. The third-order valence-electron chi connectivity index (χ3n) is 5.13. The molecule has 0 bridgehead atoms. The lowest BCUT2D eigenvalue weighted by atomic mass is 10.0. The summed E-state index contributed by atoms with van der Waals surface area (Å²) in [4.78, 5) is 11.7. The van der Waals surface area contributed by atoms with Crippen molar-refractivity contribution in [1.82, 2.24) is 5.32 Å². The Balaban J connectivity index is 1.84. The van der Waals surface area contributed by atoms with Crippen molar-refractivity contribution in [1.29, 1.82) is 0 Å². The molecular weight excluding hydrogens is 349 g/mol. The van der Waals surface area contributed by atoms with E-state index in [4.69, 9.17) is 0 Å². The molecule has 0 aliphatic heterocycles. The molecule has 28 heavy (non-hydrogen) atoms. The monoisotopic (exact) mass is 389 g/mol. The van der Waals surface area contributed by atoms with E-state index in [1.807, 2.05) is 0 Å². The van der Waals surface area contributed by atoms with E-state index < -0.39 is 0 Å². The molecule has 158 valence electrons. The molecule has 1 N–H and O–H groups in total. The van der Waals surface area contributed by atoms with Crippen molar-refractivity contribution in [3.63, 3.8) is 0 Å². The zero-order valence-electron chi connectivity index (χ0n) is 17.9. The van der Waals surface area contributed by atoms with E-state index in [1.165, 1.54) is 102 Å². The van der Waals surface area contributed by atoms with Gasteiger partial charge in [0.25, 0.3) is 0 Å². The molecule has 0 atom stereocenters. The van der Waals surface area contributed by atoms with Crippen LogP contribution in [-0.4, -0.2) is 12.5 Å². The van der Waals surface area contributed by atoms with E-state index >= 15 is 0 Å². The molecule has 0 saturated carbocycles. The fourth-order valence-corrected chi connectivity index (χ4v) is 3.34. The Morgan fingerprint density at radius 1 is 0.786 bits per heavy atom. The molecule has 0 heterocycles. The van der Waals surface area contributed by atoms with E-state index in [-0.39, 0.29) is 11.7 Å². The van der Waals surface area contributed by atoms with Gasteiger partial charge in [-0.2, -0.15) is 0 Å².